The minimum Gasteiger partial charge on any atom is -0.450 e. The van der Waals surface area contributed by atoms with Gasteiger partial charge in [0.15, 0.2) is 5.65 Å². The van der Waals surface area contributed by atoms with Crippen LogP contribution >= 0.6 is 0 Å². The van der Waals surface area contributed by atoms with Crippen LogP contribution in [-0.4, -0.2) is 56.3 Å². The van der Waals surface area contributed by atoms with Gasteiger partial charge in [-0.1, -0.05) is 12.1 Å². The van der Waals surface area contributed by atoms with E-state index in [9.17, 15) is 9.18 Å². The Balaban J connectivity index is 1.53. The second-order valence-corrected chi connectivity index (χ2v) is 7.34. The van der Waals surface area contributed by atoms with Crippen molar-refractivity contribution in [3.05, 3.63) is 48.2 Å². The number of carbonyl (C=O) groups is 1. The van der Waals surface area contributed by atoms with Gasteiger partial charge in [-0.2, -0.15) is 0 Å². The van der Waals surface area contributed by atoms with E-state index in [0.29, 0.717) is 37.7 Å². The molecule has 1 N–H and O–H groups in total. The number of anilines is 1. The zero-order valence-electron chi connectivity index (χ0n) is 16.9. The fourth-order valence-electron chi connectivity index (χ4n) is 3.73. The molecule has 1 atom stereocenters. The Hall–Kier alpha value is -3.23. The van der Waals surface area contributed by atoms with Crippen LogP contribution in [0, 0.1) is 5.82 Å². The molecule has 4 rings (SSSR count). The number of aromatic nitrogens is 4. The van der Waals surface area contributed by atoms with Gasteiger partial charge in [-0.15, -0.1) is 0 Å². The molecule has 3 heterocycles. The normalized spacial score (nSPS) is 17.0. The monoisotopic (exact) mass is 412 g/mol. The largest absolute Gasteiger partial charge is 0.450 e. The minimum absolute atomic E-state index is 0.168. The van der Waals surface area contributed by atoms with Crippen molar-refractivity contribution < 1.29 is 13.9 Å². The molecule has 3 aromatic rings. The number of fused-ring (bicyclic) bond motifs is 1. The first-order valence-electron chi connectivity index (χ1n) is 10.2. The Labute approximate surface area is 174 Å². The summed E-state index contributed by atoms with van der Waals surface area (Å²) in [7, 11) is 0. The third kappa shape index (κ3) is 4.50. The predicted molar refractivity (Wildman–Crippen MR) is 111 cm³/mol. The highest BCUT2D eigenvalue weighted by atomic mass is 19.1. The zero-order valence-corrected chi connectivity index (χ0v) is 16.9. The average Bonchev–Trinajstić information content (AvgIpc) is 2.92. The third-order valence-corrected chi connectivity index (χ3v) is 5.25. The standard InChI is InChI=1S/C21H25FN6O2/c1-2-30-21(29)27-10-3-4-17(9-11-27)25-20-26-18-12-23-14-24-19(18)28(20)13-15-5-7-16(22)8-6-15/h5-8,12,14,17H,2-4,9-11,13H2,1H3,(H,25,26). The second-order valence-electron chi connectivity index (χ2n) is 7.34. The van der Waals surface area contributed by atoms with Crippen molar-refractivity contribution in [2.45, 2.75) is 38.8 Å². The number of hydrogen-bond donors (Lipinski definition) is 1. The van der Waals surface area contributed by atoms with E-state index in [1.807, 2.05) is 11.5 Å². The molecule has 1 aliphatic heterocycles. The summed E-state index contributed by atoms with van der Waals surface area (Å²) in [5, 5.41) is 3.53. The summed E-state index contributed by atoms with van der Waals surface area (Å²) in [5.74, 6) is 0.434. The van der Waals surface area contributed by atoms with Crippen LogP contribution in [0.25, 0.3) is 11.2 Å². The van der Waals surface area contributed by atoms with Gasteiger partial charge < -0.3 is 15.0 Å². The van der Waals surface area contributed by atoms with E-state index in [4.69, 9.17) is 4.74 Å². The highest BCUT2D eigenvalue weighted by Crippen LogP contribution is 2.22. The highest BCUT2D eigenvalue weighted by Gasteiger charge is 2.23. The van der Waals surface area contributed by atoms with Gasteiger partial charge in [0.25, 0.3) is 0 Å². The van der Waals surface area contributed by atoms with Gasteiger partial charge >= 0.3 is 6.09 Å². The molecule has 0 spiro atoms. The summed E-state index contributed by atoms with van der Waals surface area (Å²) in [4.78, 5) is 26.9. The minimum atomic E-state index is -0.264. The van der Waals surface area contributed by atoms with E-state index in [-0.39, 0.29) is 18.0 Å². The van der Waals surface area contributed by atoms with Gasteiger partial charge in [0.2, 0.25) is 5.95 Å². The summed E-state index contributed by atoms with van der Waals surface area (Å²) in [6.45, 7) is 4.03. The molecule has 1 amide bonds. The van der Waals surface area contributed by atoms with Crippen molar-refractivity contribution in [2.75, 3.05) is 25.0 Å². The van der Waals surface area contributed by atoms with Gasteiger partial charge in [-0.05, 0) is 43.9 Å². The molecular formula is C21H25FN6O2. The van der Waals surface area contributed by atoms with Crippen LogP contribution in [0.3, 0.4) is 0 Å². The first-order valence-corrected chi connectivity index (χ1v) is 10.2. The number of hydrogen-bond acceptors (Lipinski definition) is 6. The van der Waals surface area contributed by atoms with Crippen molar-refractivity contribution in [2.24, 2.45) is 0 Å². The molecule has 1 unspecified atom stereocenters. The molecule has 0 bridgehead atoms. The van der Waals surface area contributed by atoms with E-state index in [1.54, 1.807) is 23.2 Å². The number of benzene rings is 1. The lowest BCUT2D eigenvalue weighted by Crippen LogP contribution is -2.33. The molecule has 2 aromatic heterocycles. The molecule has 1 saturated heterocycles. The fourth-order valence-corrected chi connectivity index (χ4v) is 3.73. The van der Waals surface area contributed by atoms with Gasteiger partial charge in [-0.3, -0.25) is 4.57 Å². The first kappa shape index (κ1) is 20.1. The molecule has 0 radical (unpaired) electrons. The number of halogens is 1. The zero-order chi connectivity index (χ0) is 20.9. The number of amides is 1. The lowest BCUT2D eigenvalue weighted by Gasteiger charge is -2.20. The number of carbonyl (C=O) groups excluding carboxylic acids is 1. The van der Waals surface area contributed by atoms with Gasteiger partial charge in [0, 0.05) is 19.1 Å². The summed E-state index contributed by atoms with van der Waals surface area (Å²) in [6.07, 6.45) is 5.53. The molecule has 0 saturated carbocycles. The fraction of sp³-hybridized carbons (Fsp3) is 0.429. The number of imidazole rings is 1. The maximum atomic E-state index is 13.3. The predicted octanol–water partition coefficient (Wildman–Crippen LogP) is 3.44. The molecule has 0 aliphatic carbocycles. The van der Waals surface area contributed by atoms with Gasteiger partial charge in [0.1, 0.15) is 17.7 Å². The summed E-state index contributed by atoms with van der Waals surface area (Å²) in [5.41, 5.74) is 2.37. The summed E-state index contributed by atoms with van der Waals surface area (Å²) in [6, 6.07) is 6.59. The highest BCUT2D eigenvalue weighted by molar-refractivity contribution is 5.73. The van der Waals surface area contributed by atoms with Gasteiger partial charge in [-0.25, -0.2) is 24.1 Å². The SMILES string of the molecule is CCOC(=O)N1CCCC(Nc2nc3cncnc3n2Cc2ccc(F)cc2)CC1. The Bertz CT molecular complexity index is 1010. The smallest absolute Gasteiger partial charge is 0.409 e. The van der Waals surface area contributed by atoms with Crippen molar-refractivity contribution in [3.8, 4) is 0 Å². The van der Waals surface area contributed by atoms with E-state index in [2.05, 4.69) is 20.3 Å². The van der Waals surface area contributed by atoms with E-state index < -0.39 is 0 Å². The summed E-state index contributed by atoms with van der Waals surface area (Å²) >= 11 is 0. The first-order chi connectivity index (χ1) is 14.6. The third-order valence-electron chi connectivity index (χ3n) is 5.25. The lowest BCUT2D eigenvalue weighted by atomic mass is 10.1. The van der Waals surface area contributed by atoms with Crippen LogP contribution in [0.4, 0.5) is 15.1 Å². The molecule has 30 heavy (non-hydrogen) atoms. The Morgan fingerprint density at radius 2 is 2.10 bits per heavy atom. The maximum absolute atomic E-state index is 13.3. The van der Waals surface area contributed by atoms with Crippen LogP contribution in [0.1, 0.15) is 31.7 Å². The van der Waals surface area contributed by atoms with Crippen molar-refractivity contribution in [3.63, 3.8) is 0 Å². The second kappa shape index (κ2) is 9.06. The topological polar surface area (TPSA) is 85.2 Å². The Morgan fingerprint density at radius 1 is 1.27 bits per heavy atom. The van der Waals surface area contributed by atoms with Crippen molar-refractivity contribution >= 4 is 23.2 Å². The van der Waals surface area contributed by atoms with Crippen molar-refractivity contribution in [1.29, 1.82) is 0 Å². The van der Waals surface area contributed by atoms with E-state index >= 15 is 0 Å². The Kier molecular flexibility index (Phi) is 6.06. The molecule has 9 heteroatoms. The molecule has 1 fully saturated rings. The van der Waals surface area contributed by atoms with Crippen LogP contribution in [0.2, 0.25) is 0 Å². The molecule has 1 aliphatic rings. The number of ether oxygens (including phenoxy) is 1. The lowest BCUT2D eigenvalue weighted by molar-refractivity contribution is 0.108. The van der Waals surface area contributed by atoms with E-state index in [0.717, 1.165) is 30.5 Å². The van der Waals surface area contributed by atoms with Gasteiger partial charge in [0.05, 0.1) is 19.3 Å². The van der Waals surface area contributed by atoms with Crippen LogP contribution in [-0.2, 0) is 11.3 Å². The number of rotatable bonds is 5. The molecular weight excluding hydrogens is 387 g/mol. The summed E-state index contributed by atoms with van der Waals surface area (Å²) < 4.78 is 20.4. The number of likely N-dealkylation sites (tertiary alicyclic amines) is 1. The van der Waals surface area contributed by atoms with Crippen molar-refractivity contribution in [1.82, 2.24) is 24.4 Å². The van der Waals surface area contributed by atoms with E-state index in [1.165, 1.54) is 18.5 Å². The molecule has 1 aromatic carbocycles. The Morgan fingerprint density at radius 3 is 2.90 bits per heavy atom. The average molecular weight is 412 g/mol. The maximum Gasteiger partial charge on any atom is 0.409 e. The molecule has 158 valence electrons. The van der Waals surface area contributed by atoms with Crippen LogP contribution < -0.4 is 5.32 Å². The number of nitrogens with zero attached hydrogens (tertiary/aromatic N) is 5. The van der Waals surface area contributed by atoms with Crippen LogP contribution in [0.15, 0.2) is 36.8 Å². The number of nitrogens with one attached hydrogen (secondary N) is 1. The molecule has 8 nitrogen and oxygen atoms in total. The quantitative estimate of drug-likeness (QED) is 0.691. The van der Waals surface area contributed by atoms with Crippen LogP contribution in [0.5, 0.6) is 0 Å².